The van der Waals surface area contributed by atoms with Gasteiger partial charge in [0, 0.05) is 38.0 Å². The summed E-state index contributed by atoms with van der Waals surface area (Å²) in [6.07, 6.45) is 5.20. The summed E-state index contributed by atoms with van der Waals surface area (Å²) in [5, 5.41) is 5.76. The van der Waals surface area contributed by atoms with Crippen molar-refractivity contribution in [3.05, 3.63) is 22.4 Å². The minimum absolute atomic E-state index is 0. The number of thiophene rings is 1. The van der Waals surface area contributed by atoms with Crippen molar-refractivity contribution in [2.24, 2.45) is 16.6 Å². The van der Waals surface area contributed by atoms with Gasteiger partial charge in [-0.15, -0.1) is 35.3 Å². The number of halogens is 1. The highest BCUT2D eigenvalue weighted by Crippen LogP contribution is 2.28. The number of hydrogen-bond acceptors (Lipinski definition) is 4. The van der Waals surface area contributed by atoms with Gasteiger partial charge < -0.3 is 16.0 Å². The molecule has 1 aromatic heterocycles. The van der Waals surface area contributed by atoms with E-state index in [1.165, 1.54) is 30.8 Å². The van der Waals surface area contributed by atoms with Crippen LogP contribution >= 0.6 is 35.3 Å². The van der Waals surface area contributed by atoms with Crippen LogP contribution in [0.3, 0.4) is 0 Å². The number of likely N-dealkylation sites (tertiary alicyclic amines) is 2. The Balaban J connectivity index is 0.00000261. The van der Waals surface area contributed by atoms with Crippen LogP contribution < -0.4 is 11.1 Å². The predicted molar refractivity (Wildman–Crippen MR) is 123 cm³/mol. The Morgan fingerprint density at radius 1 is 1.37 bits per heavy atom. The molecule has 0 saturated carbocycles. The van der Waals surface area contributed by atoms with E-state index in [0.717, 1.165) is 38.4 Å². The van der Waals surface area contributed by atoms with Crippen LogP contribution in [0, 0.1) is 5.92 Å². The van der Waals surface area contributed by atoms with Crippen LogP contribution in [0.2, 0.25) is 0 Å². The van der Waals surface area contributed by atoms with E-state index in [2.05, 4.69) is 37.6 Å². The van der Waals surface area contributed by atoms with Gasteiger partial charge in [-0.3, -0.25) is 14.7 Å². The predicted octanol–water partition coefficient (Wildman–Crippen LogP) is 2.67. The van der Waals surface area contributed by atoms with Crippen molar-refractivity contribution in [3.63, 3.8) is 0 Å². The average Bonchev–Trinajstić information content (AvgIpc) is 3.32. The second kappa shape index (κ2) is 11.2. The highest BCUT2D eigenvalue weighted by atomic mass is 127. The van der Waals surface area contributed by atoms with Crippen molar-refractivity contribution in [3.8, 4) is 0 Å². The standard InChI is InChI=1S/C19H31N5OS.HI/c1-21-19(24-10-4-6-15(14-24)12-18(20)25)22-13-16(17-7-5-11-26-17)23-8-2-3-9-23;/h5,7,11,15-16H,2-4,6,8-10,12-14H2,1H3,(H2,20,25)(H,21,22);1H. The molecule has 152 valence electrons. The molecule has 3 N–H and O–H groups in total. The Labute approximate surface area is 183 Å². The van der Waals surface area contributed by atoms with Gasteiger partial charge in [-0.1, -0.05) is 6.07 Å². The molecule has 2 fully saturated rings. The van der Waals surface area contributed by atoms with Gasteiger partial charge in [0.25, 0.3) is 0 Å². The minimum atomic E-state index is -0.202. The lowest BCUT2D eigenvalue weighted by atomic mass is 9.95. The number of carbonyl (C=O) groups is 1. The monoisotopic (exact) mass is 505 g/mol. The van der Waals surface area contributed by atoms with Crippen LogP contribution in [0.1, 0.15) is 43.0 Å². The lowest BCUT2D eigenvalue weighted by molar-refractivity contribution is -0.119. The van der Waals surface area contributed by atoms with E-state index in [4.69, 9.17) is 5.73 Å². The molecule has 0 radical (unpaired) electrons. The SMILES string of the molecule is CN=C(NCC(c1cccs1)N1CCCC1)N1CCCC(CC(N)=O)C1.I. The molecule has 2 unspecified atom stereocenters. The Hall–Kier alpha value is -0.870. The van der Waals surface area contributed by atoms with E-state index in [1.807, 2.05) is 18.4 Å². The number of amides is 1. The fourth-order valence-electron chi connectivity index (χ4n) is 4.17. The Morgan fingerprint density at radius 3 is 2.78 bits per heavy atom. The fraction of sp³-hybridized carbons (Fsp3) is 0.684. The maximum absolute atomic E-state index is 11.3. The Kier molecular flexibility index (Phi) is 9.31. The number of primary amides is 1. The summed E-state index contributed by atoms with van der Waals surface area (Å²) >= 11 is 1.83. The molecule has 27 heavy (non-hydrogen) atoms. The topological polar surface area (TPSA) is 74.0 Å². The molecule has 8 heteroatoms. The number of piperidine rings is 1. The highest BCUT2D eigenvalue weighted by Gasteiger charge is 2.27. The molecule has 6 nitrogen and oxygen atoms in total. The molecular formula is C19H32IN5OS. The van der Waals surface area contributed by atoms with Crippen LogP contribution in [0.15, 0.2) is 22.5 Å². The molecule has 1 amide bonds. The third kappa shape index (κ3) is 6.32. The van der Waals surface area contributed by atoms with E-state index in [1.54, 1.807) is 0 Å². The summed E-state index contributed by atoms with van der Waals surface area (Å²) in [5.41, 5.74) is 5.39. The Bertz CT molecular complexity index is 603. The van der Waals surface area contributed by atoms with Gasteiger partial charge in [0.15, 0.2) is 5.96 Å². The van der Waals surface area contributed by atoms with Crippen LogP contribution in [0.25, 0.3) is 0 Å². The maximum atomic E-state index is 11.3. The van der Waals surface area contributed by atoms with E-state index in [9.17, 15) is 4.79 Å². The van der Waals surface area contributed by atoms with Crippen LogP contribution in [-0.2, 0) is 4.79 Å². The molecule has 0 bridgehead atoms. The van der Waals surface area contributed by atoms with E-state index in [-0.39, 0.29) is 29.9 Å². The van der Waals surface area contributed by atoms with Gasteiger partial charge in [0.05, 0.1) is 6.04 Å². The summed E-state index contributed by atoms with van der Waals surface area (Å²) in [7, 11) is 1.84. The number of rotatable bonds is 6. The normalized spacial score (nSPS) is 22.3. The minimum Gasteiger partial charge on any atom is -0.370 e. The average molecular weight is 505 g/mol. The fourth-order valence-corrected chi connectivity index (χ4v) is 5.03. The first-order chi connectivity index (χ1) is 12.7. The first-order valence-corrected chi connectivity index (χ1v) is 10.6. The lowest BCUT2D eigenvalue weighted by Crippen LogP contribution is -2.49. The number of nitrogens with two attached hydrogens (primary N) is 1. The molecule has 0 aliphatic carbocycles. The van der Waals surface area contributed by atoms with Crippen molar-refractivity contribution in [2.75, 3.05) is 39.8 Å². The number of hydrogen-bond donors (Lipinski definition) is 2. The van der Waals surface area contributed by atoms with Crippen LogP contribution in [0.5, 0.6) is 0 Å². The summed E-state index contributed by atoms with van der Waals surface area (Å²) in [6.45, 7) is 5.06. The number of nitrogens with zero attached hydrogens (tertiary/aromatic N) is 3. The highest BCUT2D eigenvalue weighted by molar-refractivity contribution is 14.0. The van der Waals surface area contributed by atoms with Gasteiger partial charge in [-0.25, -0.2) is 0 Å². The van der Waals surface area contributed by atoms with E-state index < -0.39 is 0 Å². The second-order valence-corrected chi connectivity index (χ2v) is 8.31. The van der Waals surface area contributed by atoms with Crippen molar-refractivity contribution >= 4 is 47.2 Å². The zero-order valence-corrected chi connectivity index (χ0v) is 19.2. The van der Waals surface area contributed by atoms with E-state index in [0.29, 0.717) is 18.4 Å². The molecule has 3 heterocycles. The van der Waals surface area contributed by atoms with Crippen molar-refractivity contribution in [1.29, 1.82) is 0 Å². The van der Waals surface area contributed by atoms with Gasteiger partial charge in [-0.05, 0) is 56.1 Å². The smallest absolute Gasteiger partial charge is 0.217 e. The van der Waals surface area contributed by atoms with Crippen molar-refractivity contribution in [1.82, 2.24) is 15.1 Å². The molecule has 0 aromatic carbocycles. The van der Waals surface area contributed by atoms with Gasteiger partial charge in [0.1, 0.15) is 0 Å². The lowest BCUT2D eigenvalue weighted by Gasteiger charge is -2.36. The number of nitrogens with one attached hydrogen (secondary N) is 1. The molecule has 0 spiro atoms. The molecular weight excluding hydrogens is 473 g/mol. The molecule has 2 saturated heterocycles. The summed E-state index contributed by atoms with van der Waals surface area (Å²) in [6, 6.07) is 4.78. The molecule has 1 aromatic rings. The number of carbonyl (C=O) groups excluding carboxylic acids is 1. The first kappa shape index (κ1) is 22.4. The van der Waals surface area contributed by atoms with Crippen molar-refractivity contribution in [2.45, 2.75) is 38.1 Å². The molecule has 2 aliphatic rings. The number of aliphatic imine (C=N–C) groups is 1. The maximum Gasteiger partial charge on any atom is 0.217 e. The van der Waals surface area contributed by atoms with Gasteiger partial charge >= 0.3 is 0 Å². The third-order valence-corrected chi connectivity index (χ3v) is 6.40. The number of guanidine groups is 1. The van der Waals surface area contributed by atoms with Crippen molar-refractivity contribution < 1.29 is 4.79 Å². The first-order valence-electron chi connectivity index (χ1n) is 9.68. The molecule has 2 aliphatic heterocycles. The summed E-state index contributed by atoms with van der Waals surface area (Å²) in [5.74, 6) is 1.08. The molecule has 3 rings (SSSR count). The quantitative estimate of drug-likeness (QED) is 0.354. The van der Waals surface area contributed by atoms with E-state index >= 15 is 0 Å². The zero-order chi connectivity index (χ0) is 18.4. The Morgan fingerprint density at radius 2 is 2.15 bits per heavy atom. The largest absolute Gasteiger partial charge is 0.370 e. The third-order valence-electron chi connectivity index (χ3n) is 5.43. The van der Waals surface area contributed by atoms with Crippen LogP contribution in [0.4, 0.5) is 0 Å². The van der Waals surface area contributed by atoms with Gasteiger partial charge in [-0.2, -0.15) is 0 Å². The van der Waals surface area contributed by atoms with Gasteiger partial charge in [0.2, 0.25) is 5.91 Å². The summed E-state index contributed by atoms with van der Waals surface area (Å²) < 4.78 is 0. The second-order valence-electron chi connectivity index (χ2n) is 7.33. The zero-order valence-electron chi connectivity index (χ0n) is 16.1. The molecule has 2 atom stereocenters. The summed E-state index contributed by atoms with van der Waals surface area (Å²) in [4.78, 5) is 22.0. The van der Waals surface area contributed by atoms with Crippen LogP contribution in [-0.4, -0.2) is 61.4 Å².